The Morgan fingerprint density at radius 1 is 1.23 bits per heavy atom. The maximum absolute atomic E-state index is 13.0. The third kappa shape index (κ3) is 4.42. The first-order chi connectivity index (χ1) is 14.8. The molecule has 4 rings (SSSR count). The fraction of sp³-hybridized carbons (Fsp3) is 0.500. The van der Waals surface area contributed by atoms with Crippen molar-refractivity contribution in [3.8, 4) is 11.5 Å². The number of carbonyl (C=O) groups is 2. The molecule has 1 aromatic carbocycles. The van der Waals surface area contributed by atoms with Crippen LogP contribution in [0.4, 0.5) is 5.00 Å². The quantitative estimate of drug-likeness (QED) is 0.684. The lowest BCUT2D eigenvalue weighted by molar-refractivity contribution is -0.125. The molecular formula is C24H29NO5S. The third-order valence-electron chi connectivity index (χ3n) is 6.01. The van der Waals surface area contributed by atoms with Gasteiger partial charge in [-0.1, -0.05) is 32.9 Å². The van der Waals surface area contributed by atoms with Crippen LogP contribution in [0.1, 0.15) is 54.9 Å². The molecule has 2 aliphatic rings. The molecule has 6 nitrogen and oxygen atoms in total. The van der Waals surface area contributed by atoms with E-state index in [9.17, 15) is 9.59 Å². The number of thiophene rings is 1. The molecule has 1 N–H and O–H groups in total. The van der Waals surface area contributed by atoms with E-state index in [1.54, 1.807) is 19.1 Å². The van der Waals surface area contributed by atoms with Gasteiger partial charge in [0.1, 0.15) is 11.6 Å². The van der Waals surface area contributed by atoms with Crippen LogP contribution in [0.3, 0.4) is 0 Å². The Bertz CT molecular complexity index is 990. The third-order valence-corrected chi connectivity index (χ3v) is 7.18. The van der Waals surface area contributed by atoms with Crippen LogP contribution >= 0.6 is 11.3 Å². The second-order valence-electron chi connectivity index (χ2n) is 9.09. The summed E-state index contributed by atoms with van der Waals surface area (Å²) in [5.74, 6) is 0.988. The Kier molecular flexibility index (Phi) is 5.97. The zero-order chi connectivity index (χ0) is 22.2. The number of hydrogen-bond acceptors (Lipinski definition) is 6. The predicted molar refractivity (Wildman–Crippen MR) is 120 cm³/mol. The number of ether oxygens (including phenoxy) is 3. The maximum atomic E-state index is 13.0. The maximum Gasteiger partial charge on any atom is 0.341 e. The molecule has 1 aliphatic carbocycles. The molecule has 2 heterocycles. The van der Waals surface area contributed by atoms with Gasteiger partial charge in [0.25, 0.3) is 5.91 Å². The minimum atomic E-state index is -0.786. The molecule has 7 heteroatoms. The van der Waals surface area contributed by atoms with Crippen LogP contribution in [0.2, 0.25) is 0 Å². The minimum absolute atomic E-state index is 0.120. The highest BCUT2D eigenvalue weighted by atomic mass is 32.1. The number of benzene rings is 1. The molecular weight excluding hydrogens is 414 g/mol. The zero-order valence-corrected chi connectivity index (χ0v) is 19.3. The van der Waals surface area contributed by atoms with Crippen LogP contribution in [-0.4, -0.2) is 31.2 Å². The Labute approximate surface area is 186 Å². The molecule has 0 saturated heterocycles. The van der Waals surface area contributed by atoms with Crippen molar-refractivity contribution in [1.29, 1.82) is 0 Å². The van der Waals surface area contributed by atoms with E-state index in [1.165, 1.54) is 11.3 Å². The molecule has 0 radical (unpaired) electrons. The molecule has 0 saturated carbocycles. The van der Waals surface area contributed by atoms with Crippen molar-refractivity contribution in [3.63, 3.8) is 0 Å². The summed E-state index contributed by atoms with van der Waals surface area (Å²) in [7, 11) is 0. The van der Waals surface area contributed by atoms with Crippen LogP contribution in [-0.2, 0) is 22.4 Å². The summed E-state index contributed by atoms with van der Waals surface area (Å²) in [6.07, 6.45) is 1.95. The van der Waals surface area contributed by atoms with Gasteiger partial charge in [-0.3, -0.25) is 4.79 Å². The number of para-hydroxylation sites is 2. The summed E-state index contributed by atoms with van der Waals surface area (Å²) in [5, 5.41) is 3.48. The minimum Gasteiger partial charge on any atom is -0.485 e. The lowest BCUT2D eigenvalue weighted by Gasteiger charge is -2.33. The molecule has 166 valence electrons. The van der Waals surface area contributed by atoms with E-state index in [0.29, 0.717) is 28.0 Å². The molecule has 1 amide bonds. The molecule has 2 atom stereocenters. The number of amides is 1. The predicted octanol–water partition coefficient (Wildman–Crippen LogP) is 4.85. The second kappa shape index (κ2) is 8.54. The van der Waals surface area contributed by atoms with Crippen LogP contribution in [0.15, 0.2) is 24.3 Å². The monoisotopic (exact) mass is 443 g/mol. The van der Waals surface area contributed by atoms with Crippen molar-refractivity contribution in [2.75, 3.05) is 18.5 Å². The van der Waals surface area contributed by atoms with Gasteiger partial charge in [0.15, 0.2) is 11.5 Å². The van der Waals surface area contributed by atoms with Gasteiger partial charge in [0.2, 0.25) is 6.10 Å². The van der Waals surface area contributed by atoms with E-state index in [1.807, 2.05) is 12.1 Å². The van der Waals surface area contributed by atoms with E-state index in [-0.39, 0.29) is 30.5 Å². The Morgan fingerprint density at radius 2 is 1.97 bits per heavy atom. The van der Waals surface area contributed by atoms with E-state index >= 15 is 0 Å². The standard InChI is InChI=1S/C24H29NO5S/c1-5-28-23(27)20-15-11-10-14(24(2,3)4)12-19(15)31-22(20)25-21(26)18-13-29-16-8-6-7-9-17(16)30-18/h6-9,14,18H,5,10-13H2,1-4H3,(H,25,26). The summed E-state index contributed by atoms with van der Waals surface area (Å²) in [5.41, 5.74) is 1.71. The first-order valence-electron chi connectivity index (χ1n) is 10.8. The van der Waals surface area contributed by atoms with E-state index < -0.39 is 6.10 Å². The van der Waals surface area contributed by atoms with Gasteiger partial charge in [-0.25, -0.2) is 4.79 Å². The molecule has 1 aliphatic heterocycles. The number of esters is 1. The SMILES string of the molecule is CCOC(=O)c1c(NC(=O)C2COc3ccccc3O2)sc2c1CCC(C(C)(C)C)C2. The highest BCUT2D eigenvalue weighted by Gasteiger charge is 2.35. The van der Waals surface area contributed by atoms with Crippen molar-refractivity contribution >= 4 is 28.2 Å². The molecule has 0 bridgehead atoms. The Balaban J connectivity index is 1.58. The van der Waals surface area contributed by atoms with Gasteiger partial charge < -0.3 is 19.5 Å². The molecule has 1 aromatic heterocycles. The zero-order valence-electron chi connectivity index (χ0n) is 18.4. The van der Waals surface area contributed by atoms with Crippen molar-refractivity contribution < 1.29 is 23.8 Å². The highest BCUT2D eigenvalue weighted by molar-refractivity contribution is 7.17. The topological polar surface area (TPSA) is 73.9 Å². The van der Waals surface area contributed by atoms with Crippen molar-refractivity contribution in [2.45, 2.75) is 53.1 Å². The summed E-state index contributed by atoms with van der Waals surface area (Å²) in [4.78, 5) is 26.9. The van der Waals surface area contributed by atoms with Crippen LogP contribution in [0.25, 0.3) is 0 Å². The largest absolute Gasteiger partial charge is 0.485 e. The van der Waals surface area contributed by atoms with Gasteiger partial charge in [-0.05, 0) is 55.2 Å². The van der Waals surface area contributed by atoms with Gasteiger partial charge >= 0.3 is 5.97 Å². The number of nitrogens with one attached hydrogen (secondary N) is 1. The molecule has 2 aromatic rings. The number of hydrogen-bond donors (Lipinski definition) is 1. The van der Waals surface area contributed by atoms with E-state index in [4.69, 9.17) is 14.2 Å². The summed E-state index contributed by atoms with van der Waals surface area (Å²) < 4.78 is 16.8. The average molecular weight is 444 g/mol. The Morgan fingerprint density at radius 3 is 2.68 bits per heavy atom. The van der Waals surface area contributed by atoms with Crippen LogP contribution < -0.4 is 14.8 Å². The van der Waals surface area contributed by atoms with Gasteiger partial charge in [-0.2, -0.15) is 0 Å². The molecule has 2 unspecified atom stereocenters. The van der Waals surface area contributed by atoms with Crippen molar-refractivity contribution in [1.82, 2.24) is 0 Å². The van der Waals surface area contributed by atoms with Crippen molar-refractivity contribution in [2.24, 2.45) is 11.3 Å². The smallest absolute Gasteiger partial charge is 0.341 e. The first kappa shape index (κ1) is 21.7. The van der Waals surface area contributed by atoms with E-state index in [2.05, 4.69) is 26.1 Å². The van der Waals surface area contributed by atoms with E-state index in [0.717, 1.165) is 29.7 Å². The number of anilines is 1. The summed E-state index contributed by atoms with van der Waals surface area (Å²) in [6, 6.07) is 7.27. The fourth-order valence-corrected chi connectivity index (χ4v) is 5.49. The van der Waals surface area contributed by atoms with Gasteiger partial charge in [-0.15, -0.1) is 11.3 Å². The average Bonchev–Trinajstić information content (AvgIpc) is 3.10. The second-order valence-corrected chi connectivity index (χ2v) is 10.2. The summed E-state index contributed by atoms with van der Waals surface area (Å²) >= 11 is 1.48. The fourth-order valence-electron chi connectivity index (χ4n) is 4.17. The lowest BCUT2D eigenvalue weighted by atomic mass is 9.72. The molecule has 0 spiro atoms. The van der Waals surface area contributed by atoms with Crippen LogP contribution in [0.5, 0.6) is 11.5 Å². The lowest BCUT2D eigenvalue weighted by Crippen LogP contribution is -2.40. The molecule has 31 heavy (non-hydrogen) atoms. The highest BCUT2D eigenvalue weighted by Crippen LogP contribution is 2.44. The van der Waals surface area contributed by atoms with Crippen LogP contribution in [0, 0.1) is 11.3 Å². The number of rotatable bonds is 4. The van der Waals surface area contributed by atoms with Gasteiger partial charge in [0.05, 0.1) is 12.2 Å². The number of fused-ring (bicyclic) bond motifs is 2. The molecule has 0 fully saturated rings. The van der Waals surface area contributed by atoms with Crippen molar-refractivity contribution in [3.05, 3.63) is 40.3 Å². The Hall–Kier alpha value is -2.54. The normalized spacial score (nSPS) is 20.0. The van der Waals surface area contributed by atoms with Gasteiger partial charge in [0, 0.05) is 4.88 Å². The first-order valence-corrected chi connectivity index (χ1v) is 11.6. The number of carbonyl (C=O) groups excluding carboxylic acids is 2. The summed E-state index contributed by atoms with van der Waals surface area (Å²) in [6.45, 7) is 8.96.